The smallest absolute Gasteiger partial charge is 0.239 e. The summed E-state index contributed by atoms with van der Waals surface area (Å²) in [6.45, 7) is 4.55. The molecule has 1 saturated carbocycles. The molecule has 1 aromatic rings. The number of primary sulfonamides is 1. The second-order valence-corrected chi connectivity index (χ2v) is 9.01. The van der Waals surface area contributed by atoms with Gasteiger partial charge in [-0.05, 0) is 55.9 Å². The van der Waals surface area contributed by atoms with Gasteiger partial charge in [-0.3, -0.25) is 4.79 Å². The SMILES string of the molecule is CC1CCCCC1NC(=O)CN1c2ccc(S(N)(=O)=O)cc2CC1C. The van der Waals surface area contributed by atoms with Gasteiger partial charge in [-0.2, -0.15) is 0 Å². The number of nitrogens with zero attached hydrogens (tertiary/aromatic N) is 1. The molecule has 0 radical (unpaired) electrons. The number of carbonyl (C=O) groups is 1. The molecule has 0 saturated heterocycles. The highest BCUT2D eigenvalue weighted by Crippen LogP contribution is 2.33. The van der Waals surface area contributed by atoms with Crippen LogP contribution in [0.4, 0.5) is 5.69 Å². The minimum atomic E-state index is -3.71. The third-order valence-corrected chi connectivity index (χ3v) is 6.42. The predicted molar refractivity (Wildman–Crippen MR) is 97.9 cm³/mol. The van der Waals surface area contributed by atoms with Crippen molar-refractivity contribution in [2.24, 2.45) is 11.1 Å². The fraction of sp³-hybridized carbons (Fsp3) is 0.611. The van der Waals surface area contributed by atoms with Crippen molar-refractivity contribution in [2.45, 2.75) is 62.9 Å². The highest BCUT2D eigenvalue weighted by atomic mass is 32.2. The zero-order valence-electron chi connectivity index (χ0n) is 14.9. The summed E-state index contributed by atoms with van der Waals surface area (Å²) in [5.41, 5.74) is 1.85. The maximum absolute atomic E-state index is 12.5. The number of hydrogen-bond donors (Lipinski definition) is 2. The third kappa shape index (κ3) is 3.98. The molecule has 3 atom stereocenters. The van der Waals surface area contributed by atoms with Gasteiger partial charge in [0, 0.05) is 17.8 Å². The van der Waals surface area contributed by atoms with Gasteiger partial charge in [0.2, 0.25) is 15.9 Å². The van der Waals surface area contributed by atoms with Crippen LogP contribution in [0.15, 0.2) is 23.1 Å². The molecule has 1 heterocycles. The monoisotopic (exact) mass is 365 g/mol. The first kappa shape index (κ1) is 18.2. The number of carbonyl (C=O) groups excluding carboxylic acids is 1. The molecular formula is C18H27N3O3S. The molecule has 3 rings (SSSR count). The van der Waals surface area contributed by atoms with E-state index < -0.39 is 10.0 Å². The fourth-order valence-electron chi connectivity index (χ4n) is 4.03. The van der Waals surface area contributed by atoms with E-state index in [1.807, 2.05) is 11.8 Å². The van der Waals surface area contributed by atoms with Crippen LogP contribution in [0.5, 0.6) is 0 Å². The Morgan fingerprint density at radius 3 is 2.68 bits per heavy atom. The largest absolute Gasteiger partial charge is 0.359 e. The van der Waals surface area contributed by atoms with E-state index in [4.69, 9.17) is 5.14 Å². The number of nitrogens with one attached hydrogen (secondary N) is 1. The molecular weight excluding hydrogens is 338 g/mol. The highest BCUT2D eigenvalue weighted by molar-refractivity contribution is 7.89. The van der Waals surface area contributed by atoms with Crippen LogP contribution in [0.25, 0.3) is 0 Å². The van der Waals surface area contributed by atoms with Crippen LogP contribution >= 0.6 is 0 Å². The van der Waals surface area contributed by atoms with Crippen molar-refractivity contribution in [2.75, 3.05) is 11.4 Å². The van der Waals surface area contributed by atoms with Crippen molar-refractivity contribution < 1.29 is 13.2 Å². The Kier molecular flexibility index (Phi) is 5.06. The van der Waals surface area contributed by atoms with Gasteiger partial charge in [-0.25, -0.2) is 13.6 Å². The first-order chi connectivity index (χ1) is 11.8. The lowest BCUT2D eigenvalue weighted by Gasteiger charge is -2.31. The number of nitrogens with two attached hydrogens (primary N) is 1. The maximum atomic E-state index is 12.5. The zero-order chi connectivity index (χ0) is 18.2. The van der Waals surface area contributed by atoms with E-state index in [0.717, 1.165) is 17.7 Å². The van der Waals surface area contributed by atoms with Gasteiger partial charge >= 0.3 is 0 Å². The first-order valence-corrected chi connectivity index (χ1v) is 10.5. The van der Waals surface area contributed by atoms with Gasteiger partial charge in [0.1, 0.15) is 0 Å². The maximum Gasteiger partial charge on any atom is 0.239 e. The molecule has 6 nitrogen and oxygen atoms in total. The molecule has 1 amide bonds. The number of anilines is 1. The summed E-state index contributed by atoms with van der Waals surface area (Å²) in [5, 5.41) is 8.40. The molecule has 0 bridgehead atoms. The Labute approximate surface area is 149 Å². The van der Waals surface area contributed by atoms with Crippen molar-refractivity contribution in [3.63, 3.8) is 0 Å². The van der Waals surface area contributed by atoms with Crippen molar-refractivity contribution in [1.82, 2.24) is 5.32 Å². The minimum Gasteiger partial charge on any atom is -0.359 e. The lowest BCUT2D eigenvalue weighted by molar-refractivity contribution is -0.121. The van der Waals surface area contributed by atoms with Gasteiger partial charge in [-0.15, -0.1) is 0 Å². The summed E-state index contributed by atoms with van der Waals surface area (Å²) < 4.78 is 23.1. The second-order valence-electron chi connectivity index (χ2n) is 7.45. The number of hydrogen-bond acceptors (Lipinski definition) is 4. The van der Waals surface area contributed by atoms with Crippen LogP contribution in [0, 0.1) is 5.92 Å². The van der Waals surface area contributed by atoms with E-state index in [-0.39, 0.29) is 22.9 Å². The molecule has 1 aromatic carbocycles. The molecule has 0 aromatic heterocycles. The van der Waals surface area contributed by atoms with E-state index in [1.54, 1.807) is 12.1 Å². The average Bonchev–Trinajstić information content (AvgIpc) is 2.84. The van der Waals surface area contributed by atoms with Gasteiger partial charge in [-0.1, -0.05) is 19.8 Å². The number of amides is 1. The zero-order valence-corrected chi connectivity index (χ0v) is 15.7. The lowest BCUT2D eigenvalue weighted by Crippen LogP contribution is -2.46. The Hall–Kier alpha value is -1.60. The van der Waals surface area contributed by atoms with Gasteiger partial charge in [0.05, 0.1) is 11.4 Å². The Balaban J connectivity index is 1.71. The first-order valence-electron chi connectivity index (χ1n) is 8.97. The van der Waals surface area contributed by atoms with Crippen LogP contribution in [-0.2, 0) is 21.2 Å². The molecule has 1 aliphatic heterocycles. The van der Waals surface area contributed by atoms with Crippen LogP contribution in [0.3, 0.4) is 0 Å². The summed E-state index contributed by atoms with van der Waals surface area (Å²) in [6.07, 6.45) is 5.36. The molecule has 1 fully saturated rings. The quantitative estimate of drug-likeness (QED) is 0.851. The third-order valence-electron chi connectivity index (χ3n) is 5.51. The molecule has 138 valence electrons. The second kappa shape index (κ2) is 6.96. The summed E-state index contributed by atoms with van der Waals surface area (Å²) >= 11 is 0. The van der Waals surface area contributed by atoms with Gasteiger partial charge in [0.15, 0.2) is 0 Å². The molecule has 3 N–H and O–H groups in total. The molecule has 3 unspecified atom stereocenters. The molecule has 25 heavy (non-hydrogen) atoms. The van der Waals surface area contributed by atoms with Crippen LogP contribution in [-0.4, -0.2) is 33.0 Å². The van der Waals surface area contributed by atoms with Gasteiger partial charge < -0.3 is 10.2 Å². The van der Waals surface area contributed by atoms with E-state index in [0.29, 0.717) is 18.9 Å². The molecule has 7 heteroatoms. The molecule has 0 spiro atoms. The van der Waals surface area contributed by atoms with E-state index in [2.05, 4.69) is 12.2 Å². The number of benzene rings is 1. The average molecular weight is 365 g/mol. The fourth-order valence-corrected chi connectivity index (χ4v) is 4.59. The molecule has 1 aliphatic carbocycles. The number of sulfonamides is 1. The van der Waals surface area contributed by atoms with Crippen molar-refractivity contribution in [3.05, 3.63) is 23.8 Å². The summed E-state index contributed by atoms with van der Waals surface area (Å²) in [6, 6.07) is 5.32. The number of fused-ring (bicyclic) bond motifs is 1. The van der Waals surface area contributed by atoms with Crippen molar-refractivity contribution >= 4 is 21.6 Å². The van der Waals surface area contributed by atoms with Crippen molar-refractivity contribution in [3.8, 4) is 0 Å². The van der Waals surface area contributed by atoms with E-state index >= 15 is 0 Å². The van der Waals surface area contributed by atoms with Crippen molar-refractivity contribution in [1.29, 1.82) is 0 Å². The van der Waals surface area contributed by atoms with Crippen LogP contribution in [0.1, 0.15) is 45.1 Å². The molecule has 2 aliphatic rings. The standard InChI is InChI=1S/C18H27N3O3S/c1-12-5-3-4-6-16(12)20-18(22)11-21-13(2)9-14-10-15(25(19,23)24)7-8-17(14)21/h7-8,10,12-13,16H,3-6,9,11H2,1-2H3,(H,20,22)(H2,19,23,24). The summed E-state index contributed by atoms with van der Waals surface area (Å²) in [5.74, 6) is 0.562. The minimum absolute atomic E-state index is 0.0361. The Morgan fingerprint density at radius 2 is 2.00 bits per heavy atom. The van der Waals surface area contributed by atoms with Crippen LogP contribution < -0.4 is 15.4 Å². The summed E-state index contributed by atoms with van der Waals surface area (Å²) in [4.78, 5) is 14.7. The van der Waals surface area contributed by atoms with E-state index in [1.165, 1.54) is 25.3 Å². The lowest BCUT2D eigenvalue weighted by atomic mass is 9.86. The van der Waals surface area contributed by atoms with E-state index in [9.17, 15) is 13.2 Å². The normalized spacial score (nSPS) is 26.4. The predicted octanol–water partition coefficient (Wildman–Crippen LogP) is 1.78. The highest BCUT2D eigenvalue weighted by Gasteiger charge is 2.30. The Morgan fingerprint density at radius 1 is 1.28 bits per heavy atom. The Bertz CT molecular complexity index is 763. The van der Waals surface area contributed by atoms with Gasteiger partial charge in [0.25, 0.3) is 0 Å². The number of rotatable bonds is 4. The van der Waals surface area contributed by atoms with Crippen LogP contribution in [0.2, 0.25) is 0 Å². The topological polar surface area (TPSA) is 92.5 Å². The summed E-state index contributed by atoms with van der Waals surface area (Å²) in [7, 11) is -3.71.